The lowest BCUT2D eigenvalue weighted by molar-refractivity contribution is 1.15. The van der Waals surface area contributed by atoms with Crippen molar-refractivity contribution in [1.29, 1.82) is 5.53 Å². The normalized spacial score (nSPS) is 8.29. The van der Waals surface area contributed by atoms with Gasteiger partial charge in [0.05, 0.1) is 5.69 Å². The summed E-state index contributed by atoms with van der Waals surface area (Å²) >= 11 is 0. The van der Waals surface area contributed by atoms with Crippen LogP contribution in [-0.4, -0.2) is 9.97 Å². The van der Waals surface area contributed by atoms with Crippen LogP contribution in [0.2, 0.25) is 0 Å². The number of rotatable bonds is 1. The van der Waals surface area contributed by atoms with E-state index in [4.69, 9.17) is 5.53 Å². The van der Waals surface area contributed by atoms with Gasteiger partial charge in [-0.2, -0.15) is 5.11 Å². The van der Waals surface area contributed by atoms with E-state index >= 15 is 0 Å². The third-order valence-electron chi connectivity index (χ3n) is 1.36. The highest BCUT2D eigenvalue weighted by Gasteiger charge is 1.78. The highest BCUT2D eigenvalue weighted by Crippen LogP contribution is 2.07. The molecule has 0 atom stereocenters. The minimum Gasteiger partial charge on any atom is -0.245 e. The number of para-hydroxylation sites is 1. The molecule has 4 nitrogen and oxygen atoms in total. The van der Waals surface area contributed by atoms with Crippen LogP contribution in [0.25, 0.3) is 0 Å². The van der Waals surface area contributed by atoms with E-state index < -0.39 is 0 Å². The molecule has 0 aliphatic heterocycles. The van der Waals surface area contributed by atoms with Crippen LogP contribution < -0.4 is 0 Å². The molecule has 0 saturated carbocycles. The number of benzene rings is 1. The Balaban J connectivity index is 0.000000146. The first-order valence-corrected chi connectivity index (χ1v) is 4.06. The third-order valence-corrected chi connectivity index (χ3v) is 1.36. The lowest BCUT2D eigenvalue weighted by Gasteiger charge is -1.83. The Kier molecular flexibility index (Phi) is 4.58. The van der Waals surface area contributed by atoms with Gasteiger partial charge in [-0.3, -0.25) is 0 Å². The van der Waals surface area contributed by atoms with Gasteiger partial charge in [0.25, 0.3) is 0 Å². The first kappa shape index (κ1) is 9.98. The molecule has 14 heavy (non-hydrogen) atoms. The van der Waals surface area contributed by atoms with Gasteiger partial charge in [0.1, 0.15) is 6.33 Å². The molecule has 0 aliphatic rings. The van der Waals surface area contributed by atoms with E-state index in [1.807, 2.05) is 18.2 Å². The van der Waals surface area contributed by atoms with Gasteiger partial charge >= 0.3 is 0 Å². The number of nitrogens with one attached hydrogen (secondary N) is 1. The van der Waals surface area contributed by atoms with Gasteiger partial charge in [-0.05, 0) is 18.2 Å². The molecule has 70 valence electrons. The first-order chi connectivity index (χ1) is 6.93. The summed E-state index contributed by atoms with van der Waals surface area (Å²) in [5.74, 6) is 0. The molecule has 1 aromatic heterocycles. The van der Waals surface area contributed by atoms with Crippen molar-refractivity contribution >= 4 is 5.69 Å². The van der Waals surface area contributed by atoms with Gasteiger partial charge in [-0.15, -0.1) is 0 Å². The van der Waals surface area contributed by atoms with Crippen molar-refractivity contribution in [3.8, 4) is 0 Å². The van der Waals surface area contributed by atoms with Gasteiger partial charge in [-0.1, -0.05) is 18.2 Å². The largest absolute Gasteiger partial charge is 0.245 e. The van der Waals surface area contributed by atoms with Crippen molar-refractivity contribution < 1.29 is 0 Å². The molecule has 0 spiro atoms. The van der Waals surface area contributed by atoms with E-state index in [1.165, 1.54) is 6.33 Å². The van der Waals surface area contributed by atoms with E-state index in [-0.39, 0.29) is 0 Å². The summed E-state index contributed by atoms with van der Waals surface area (Å²) in [4.78, 5) is 7.35. The fourth-order valence-corrected chi connectivity index (χ4v) is 0.756. The van der Waals surface area contributed by atoms with E-state index in [0.29, 0.717) is 5.69 Å². The van der Waals surface area contributed by atoms with E-state index in [0.717, 1.165) is 0 Å². The average molecular weight is 186 g/mol. The zero-order valence-electron chi connectivity index (χ0n) is 7.54. The fraction of sp³-hybridized carbons (Fsp3) is 0. The zero-order chi connectivity index (χ0) is 10.1. The van der Waals surface area contributed by atoms with Crippen LogP contribution in [0.3, 0.4) is 0 Å². The van der Waals surface area contributed by atoms with Crippen molar-refractivity contribution in [2.75, 3.05) is 0 Å². The minimum absolute atomic E-state index is 0.701. The number of nitrogens with zero attached hydrogens (tertiary/aromatic N) is 3. The molecular formula is C10H10N4. The number of aromatic nitrogens is 2. The lowest BCUT2D eigenvalue weighted by atomic mass is 10.3. The third kappa shape index (κ3) is 4.06. The molecule has 0 aliphatic carbocycles. The molecule has 4 heteroatoms. The average Bonchev–Trinajstić information content (AvgIpc) is 2.33. The molecule has 1 heterocycles. The minimum atomic E-state index is 0.701. The molecule has 0 unspecified atom stereocenters. The monoisotopic (exact) mass is 186 g/mol. The molecule has 0 fully saturated rings. The topological polar surface area (TPSA) is 62.0 Å². The fourth-order valence-electron chi connectivity index (χ4n) is 0.756. The van der Waals surface area contributed by atoms with E-state index in [1.54, 1.807) is 30.6 Å². The molecule has 0 bridgehead atoms. The molecule has 0 saturated heterocycles. The standard InChI is InChI=1S/C6H6N2.C4H4N2/c7-8-6-4-2-1-3-5-6;1-2-5-4-6-3-1/h1-5,7H;1-4H. The highest BCUT2D eigenvalue weighted by atomic mass is 14.9. The molecular weight excluding hydrogens is 176 g/mol. The molecule has 1 aromatic carbocycles. The smallest absolute Gasteiger partial charge is 0.115 e. The molecule has 0 amide bonds. The van der Waals surface area contributed by atoms with Gasteiger partial charge in [0.15, 0.2) is 0 Å². The van der Waals surface area contributed by atoms with E-state index in [9.17, 15) is 0 Å². The van der Waals surface area contributed by atoms with Crippen LogP contribution in [0.4, 0.5) is 5.69 Å². The summed E-state index contributed by atoms with van der Waals surface area (Å²) in [7, 11) is 0. The van der Waals surface area contributed by atoms with Gasteiger partial charge in [0.2, 0.25) is 0 Å². The summed E-state index contributed by atoms with van der Waals surface area (Å²) in [6.45, 7) is 0. The van der Waals surface area contributed by atoms with Crippen molar-refractivity contribution in [2.24, 2.45) is 5.11 Å². The first-order valence-electron chi connectivity index (χ1n) is 4.06. The molecule has 1 N–H and O–H groups in total. The Labute approximate surface area is 82.2 Å². The maximum absolute atomic E-state index is 6.57. The van der Waals surface area contributed by atoms with Crippen LogP contribution in [0.1, 0.15) is 0 Å². The number of hydrogen-bond donors (Lipinski definition) is 1. The molecule has 2 rings (SSSR count). The SMILES string of the molecule is N=Nc1ccccc1.c1cncnc1. The maximum atomic E-state index is 6.57. The summed E-state index contributed by atoms with van der Waals surface area (Å²) in [6.07, 6.45) is 4.88. The summed E-state index contributed by atoms with van der Waals surface area (Å²) in [6, 6.07) is 11.0. The van der Waals surface area contributed by atoms with Crippen LogP contribution >= 0.6 is 0 Å². The number of hydrogen-bond acceptors (Lipinski definition) is 4. The van der Waals surface area contributed by atoms with Crippen LogP contribution in [0, 0.1) is 5.53 Å². The lowest BCUT2D eigenvalue weighted by Crippen LogP contribution is -1.66. The second kappa shape index (κ2) is 6.42. The summed E-state index contributed by atoms with van der Waals surface area (Å²) < 4.78 is 0. The Bertz CT molecular complexity index is 320. The Morgan fingerprint density at radius 3 is 1.86 bits per heavy atom. The van der Waals surface area contributed by atoms with E-state index in [2.05, 4.69) is 15.1 Å². The van der Waals surface area contributed by atoms with Gasteiger partial charge in [-0.25, -0.2) is 15.5 Å². The predicted molar refractivity (Wildman–Crippen MR) is 53.3 cm³/mol. The zero-order valence-corrected chi connectivity index (χ0v) is 7.54. The van der Waals surface area contributed by atoms with Crippen molar-refractivity contribution in [1.82, 2.24) is 9.97 Å². The van der Waals surface area contributed by atoms with Gasteiger partial charge in [0, 0.05) is 12.4 Å². The van der Waals surface area contributed by atoms with Gasteiger partial charge < -0.3 is 0 Å². The molecule has 2 aromatic rings. The predicted octanol–water partition coefficient (Wildman–Crippen LogP) is 2.83. The Morgan fingerprint density at radius 1 is 0.929 bits per heavy atom. The summed E-state index contributed by atoms with van der Waals surface area (Å²) in [5.41, 5.74) is 7.27. The second-order valence-corrected chi connectivity index (χ2v) is 2.35. The van der Waals surface area contributed by atoms with Crippen LogP contribution in [0.15, 0.2) is 60.2 Å². The van der Waals surface area contributed by atoms with Crippen molar-refractivity contribution in [3.63, 3.8) is 0 Å². The maximum Gasteiger partial charge on any atom is 0.115 e. The highest BCUT2D eigenvalue weighted by molar-refractivity contribution is 5.34. The molecule has 0 radical (unpaired) electrons. The Morgan fingerprint density at radius 2 is 1.57 bits per heavy atom. The Hall–Kier alpha value is -2.10. The van der Waals surface area contributed by atoms with Crippen molar-refractivity contribution in [2.45, 2.75) is 0 Å². The summed E-state index contributed by atoms with van der Waals surface area (Å²) in [5, 5.41) is 3.22. The quantitative estimate of drug-likeness (QED) is 0.696. The van der Waals surface area contributed by atoms with Crippen LogP contribution in [0.5, 0.6) is 0 Å². The van der Waals surface area contributed by atoms with Crippen LogP contribution in [-0.2, 0) is 0 Å². The second-order valence-electron chi connectivity index (χ2n) is 2.35. The van der Waals surface area contributed by atoms with Crippen molar-refractivity contribution in [3.05, 3.63) is 55.1 Å².